The number of anilines is 1. The van der Waals surface area contributed by atoms with Crippen LogP contribution in [0.15, 0.2) is 54.9 Å². The molecule has 0 aliphatic heterocycles. The van der Waals surface area contributed by atoms with Gasteiger partial charge in [0, 0.05) is 17.4 Å². The van der Waals surface area contributed by atoms with Crippen LogP contribution in [0.5, 0.6) is 0 Å². The van der Waals surface area contributed by atoms with Crippen LogP contribution in [0.25, 0.3) is 16.8 Å². The Morgan fingerprint density at radius 2 is 1.86 bits per heavy atom. The number of aromatic nitrogens is 2. The highest BCUT2D eigenvalue weighted by Gasteiger charge is 2.06. The van der Waals surface area contributed by atoms with E-state index in [0.717, 1.165) is 22.5 Å². The first-order chi connectivity index (χ1) is 10.2. The number of nitrogens with zero attached hydrogens (tertiary/aromatic N) is 3. The summed E-state index contributed by atoms with van der Waals surface area (Å²) >= 11 is 6.04. The minimum atomic E-state index is 0.416. The van der Waals surface area contributed by atoms with Gasteiger partial charge in [0.1, 0.15) is 6.07 Å². The summed E-state index contributed by atoms with van der Waals surface area (Å²) in [6.07, 6.45) is 3.68. The van der Waals surface area contributed by atoms with E-state index >= 15 is 0 Å². The van der Waals surface area contributed by atoms with E-state index in [1.165, 1.54) is 0 Å². The summed E-state index contributed by atoms with van der Waals surface area (Å²) in [4.78, 5) is 0. The topological polar surface area (TPSA) is 67.6 Å². The van der Waals surface area contributed by atoms with Gasteiger partial charge in [-0.25, -0.2) is 4.68 Å². The monoisotopic (exact) mass is 294 g/mol. The Kier molecular flexibility index (Phi) is 3.35. The second-order valence-corrected chi connectivity index (χ2v) is 4.98. The van der Waals surface area contributed by atoms with Crippen molar-refractivity contribution in [2.75, 3.05) is 5.73 Å². The minimum Gasteiger partial charge on any atom is -0.399 e. The molecule has 0 aliphatic carbocycles. The fraction of sp³-hybridized carbons (Fsp3) is 0. The van der Waals surface area contributed by atoms with Crippen LogP contribution >= 0.6 is 11.6 Å². The average Bonchev–Trinajstić information content (AvgIpc) is 2.98. The van der Waals surface area contributed by atoms with Gasteiger partial charge < -0.3 is 5.73 Å². The van der Waals surface area contributed by atoms with Crippen LogP contribution in [0.1, 0.15) is 5.56 Å². The molecule has 0 unspecified atom stereocenters. The van der Waals surface area contributed by atoms with E-state index in [2.05, 4.69) is 5.10 Å². The van der Waals surface area contributed by atoms with Gasteiger partial charge in [0.05, 0.1) is 22.5 Å². The smallest absolute Gasteiger partial charge is 0.101 e. The molecule has 1 aromatic heterocycles. The lowest BCUT2D eigenvalue weighted by Crippen LogP contribution is -1.94. The first-order valence-electron chi connectivity index (χ1n) is 6.28. The van der Waals surface area contributed by atoms with Crippen molar-refractivity contribution in [1.29, 1.82) is 5.26 Å². The third-order valence-electron chi connectivity index (χ3n) is 3.16. The van der Waals surface area contributed by atoms with Crippen LogP contribution in [0.2, 0.25) is 5.02 Å². The SMILES string of the molecule is N#Cc1ccc(-n2cc(-c3ccc(N)cc3)cn2)cc1Cl. The molecule has 0 spiro atoms. The Morgan fingerprint density at radius 3 is 2.52 bits per heavy atom. The fourth-order valence-electron chi connectivity index (χ4n) is 2.03. The summed E-state index contributed by atoms with van der Waals surface area (Å²) in [5, 5.41) is 13.6. The Bertz CT molecular complexity index is 828. The summed E-state index contributed by atoms with van der Waals surface area (Å²) in [6.45, 7) is 0. The van der Waals surface area contributed by atoms with Crippen molar-refractivity contribution in [2.45, 2.75) is 0 Å². The lowest BCUT2D eigenvalue weighted by Gasteiger charge is -2.02. The number of rotatable bonds is 2. The number of halogens is 1. The molecule has 1 heterocycles. The molecular formula is C16H11ClN4. The predicted octanol–water partition coefficient (Wildman–Crippen LogP) is 3.65. The third kappa shape index (κ3) is 2.60. The normalized spacial score (nSPS) is 10.3. The minimum absolute atomic E-state index is 0.416. The van der Waals surface area contributed by atoms with Gasteiger partial charge in [0.15, 0.2) is 0 Å². The molecule has 0 saturated heterocycles. The first-order valence-corrected chi connectivity index (χ1v) is 6.66. The molecule has 2 N–H and O–H groups in total. The van der Waals surface area contributed by atoms with Crippen LogP contribution in [-0.2, 0) is 0 Å². The maximum atomic E-state index is 8.89. The standard InChI is InChI=1S/C16H11ClN4/c17-16-7-15(6-3-12(16)8-18)21-10-13(9-20-21)11-1-4-14(19)5-2-11/h1-7,9-10H,19H2. The van der Waals surface area contributed by atoms with Crippen molar-refractivity contribution in [1.82, 2.24) is 9.78 Å². The van der Waals surface area contributed by atoms with Gasteiger partial charge in [-0.1, -0.05) is 23.7 Å². The maximum Gasteiger partial charge on any atom is 0.101 e. The average molecular weight is 295 g/mol. The largest absolute Gasteiger partial charge is 0.399 e. The number of benzene rings is 2. The number of nitrogens with two attached hydrogens (primary N) is 1. The maximum absolute atomic E-state index is 8.89. The molecule has 3 aromatic rings. The van der Waals surface area contributed by atoms with Crippen molar-refractivity contribution in [3.05, 3.63) is 65.4 Å². The molecule has 0 aliphatic rings. The van der Waals surface area contributed by atoms with Crippen LogP contribution in [0.3, 0.4) is 0 Å². The van der Waals surface area contributed by atoms with E-state index in [-0.39, 0.29) is 0 Å². The summed E-state index contributed by atoms with van der Waals surface area (Å²) in [6, 6.07) is 14.8. The molecule has 3 rings (SSSR count). The predicted molar refractivity (Wildman–Crippen MR) is 83.1 cm³/mol. The highest BCUT2D eigenvalue weighted by Crippen LogP contribution is 2.23. The zero-order valence-corrected chi connectivity index (χ0v) is 11.7. The summed E-state index contributed by atoms with van der Waals surface area (Å²) in [5.74, 6) is 0. The molecule has 0 atom stereocenters. The second kappa shape index (κ2) is 5.31. The van der Waals surface area contributed by atoms with E-state index in [4.69, 9.17) is 22.6 Å². The van der Waals surface area contributed by atoms with Gasteiger partial charge >= 0.3 is 0 Å². The zero-order chi connectivity index (χ0) is 14.8. The van der Waals surface area contributed by atoms with Gasteiger partial charge in [0.25, 0.3) is 0 Å². The molecular weight excluding hydrogens is 284 g/mol. The van der Waals surface area contributed by atoms with Crippen LogP contribution in [-0.4, -0.2) is 9.78 Å². The molecule has 4 nitrogen and oxygen atoms in total. The van der Waals surface area contributed by atoms with E-state index in [9.17, 15) is 0 Å². The lowest BCUT2D eigenvalue weighted by atomic mass is 10.1. The molecule has 0 radical (unpaired) electrons. The van der Waals surface area contributed by atoms with Crippen molar-refractivity contribution in [2.24, 2.45) is 0 Å². The molecule has 102 valence electrons. The van der Waals surface area contributed by atoms with E-state index in [1.807, 2.05) is 42.6 Å². The molecule has 2 aromatic carbocycles. The van der Waals surface area contributed by atoms with Crippen LogP contribution < -0.4 is 5.73 Å². The second-order valence-electron chi connectivity index (χ2n) is 4.57. The molecule has 21 heavy (non-hydrogen) atoms. The summed E-state index contributed by atoms with van der Waals surface area (Å²) in [5.41, 5.74) is 9.69. The van der Waals surface area contributed by atoms with E-state index < -0.39 is 0 Å². The van der Waals surface area contributed by atoms with Gasteiger partial charge in [-0.2, -0.15) is 10.4 Å². The number of nitrogen functional groups attached to an aromatic ring is 1. The number of hydrogen-bond donors (Lipinski definition) is 1. The first kappa shape index (κ1) is 13.2. The molecule has 0 bridgehead atoms. The van der Waals surface area contributed by atoms with Gasteiger partial charge in [-0.3, -0.25) is 0 Å². The number of hydrogen-bond acceptors (Lipinski definition) is 3. The zero-order valence-electron chi connectivity index (χ0n) is 11.0. The Hall–Kier alpha value is -2.77. The van der Waals surface area contributed by atoms with Crippen molar-refractivity contribution in [3.63, 3.8) is 0 Å². The highest BCUT2D eigenvalue weighted by molar-refractivity contribution is 6.31. The fourth-order valence-corrected chi connectivity index (χ4v) is 2.24. The Labute approximate surface area is 127 Å². The van der Waals surface area contributed by atoms with Gasteiger partial charge in [-0.05, 0) is 35.9 Å². The van der Waals surface area contributed by atoms with Crippen LogP contribution in [0, 0.1) is 11.3 Å². The molecule has 0 fully saturated rings. The van der Waals surface area contributed by atoms with E-state index in [1.54, 1.807) is 23.0 Å². The van der Waals surface area contributed by atoms with Crippen molar-refractivity contribution >= 4 is 17.3 Å². The summed E-state index contributed by atoms with van der Waals surface area (Å²) < 4.78 is 1.72. The lowest BCUT2D eigenvalue weighted by molar-refractivity contribution is 0.880. The third-order valence-corrected chi connectivity index (χ3v) is 3.48. The van der Waals surface area contributed by atoms with E-state index in [0.29, 0.717) is 10.6 Å². The molecule has 0 saturated carbocycles. The van der Waals surface area contributed by atoms with Crippen molar-refractivity contribution < 1.29 is 0 Å². The van der Waals surface area contributed by atoms with Crippen molar-refractivity contribution in [3.8, 4) is 22.9 Å². The quantitative estimate of drug-likeness (QED) is 0.734. The number of nitriles is 1. The van der Waals surface area contributed by atoms with Gasteiger partial charge in [-0.15, -0.1) is 0 Å². The Balaban J connectivity index is 1.97. The van der Waals surface area contributed by atoms with Crippen LogP contribution in [0.4, 0.5) is 5.69 Å². The molecule has 5 heteroatoms. The summed E-state index contributed by atoms with van der Waals surface area (Å²) in [7, 11) is 0. The highest BCUT2D eigenvalue weighted by atomic mass is 35.5. The Morgan fingerprint density at radius 1 is 1.10 bits per heavy atom. The van der Waals surface area contributed by atoms with Gasteiger partial charge in [0.2, 0.25) is 0 Å². The molecule has 0 amide bonds.